The van der Waals surface area contributed by atoms with Crippen LogP contribution >= 0.6 is 12.4 Å². The summed E-state index contributed by atoms with van der Waals surface area (Å²) in [5, 5.41) is 25.5. The molecule has 1 aromatic heterocycles. The molecular weight excluding hydrogens is 384 g/mol. The number of carbonyl (C=O) groups excluding carboxylic acids is 1. The molecule has 1 atom stereocenters. The smallest absolute Gasteiger partial charge is 0.274 e. The normalized spacial score (nSPS) is 15.5. The molecule has 1 unspecified atom stereocenters. The lowest BCUT2D eigenvalue weighted by Gasteiger charge is -2.23. The summed E-state index contributed by atoms with van der Waals surface area (Å²) in [7, 11) is 0. The van der Waals surface area contributed by atoms with Crippen molar-refractivity contribution in [1.29, 1.82) is 0 Å². The Kier molecular flexibility index (Phi) is 7.47. The summed E-state index contributed by atoms with van der Waals surface area (Å²) in [6.07, 6.45) is 2.52. The number of hydrogen-bond donors (Lipinski definition) is 2. The number of piperidine rings is 1. The van der Waals surface area contributed by atoms with Crippen LogP contribution in [-0.4, -0.2) is 38.9 Å². The van der Waals surface area contributed by atoms with Gasteiger partial charge in [0.25, 0.3) is 11.6 Å². The predicted octanol–water partition coefficient (Wildman–Crippen LogP) is 2.72. The molecule has 2 aromatic rings. The van der Waals surface area contributed by atoms with E-state index in [1.165, 1.54) is 12.1 Å². The molecule has 1 saturated heterocycles. The van der Waals surface area contributed by atoms with Crippen LogP contribution in [0.3, 0.4) is 0 Å². The van der Waals surface area contributed by atoms with Crippen LogP contribution in [0.25, 0.3) is 0 Å². The van der Waals surface area contributed by atoms with Crippen molar-refractivity contribution in [3.05, 3.63) is 51.3 Å². The van der Waals surface area contributed by atoms with E-state index >= 15 is 0 Å². The summed E-state index contributed by atoms with van der Waals surface area (Å²) in [5.41, 5.74) is 1.75. The first-order chi connectivity index (χ1) is 13.0. The van der Waals surface area contributed by atoms with Crippen LogP contribution in [0, 0.1) is 17.0 Å². The number of halogens is 1. The Labute approximate surface area is 169 Å². The number of rotatable bonds is 6. The quantitative estimate of drug-likeness (QED) is 0.561. The molecule has 28 heavy (non-hydrogen) atoms. The zero-order valence-electron chi connectivity index (χ0n) is 15.9. The number of aromatic nitrogens is 3. The van der Waals surface area contributed by atoms with Gasteiger partial charge in [0.15, 0.2) is 5.69 Å². The first kappa shape index (κ1) is 21.8. The molecule has 2 heterocycles. The highest BCUT2D eigenvalue weighted by Gasteiger charge is 2.24. The number of benzene rings is 1. The minimum absolute atomic E-state index is 0. The molecule has 1 aliphatic heterocycles. The Bertz CT molecular complexity index is 834. The van der Waals surface area contributed by atoms with Crippen LogP contribution in [0.5, 0.6) is 0 Å². The van der Waals surface area contributed by atoms with Crippen LogP contribution in [0.1, 0.15) is 60.0 Å². The Morgan fingerprint density at radius 2 is 2.14 bits per heavy atom. The summed E-state index contributed by atoms with van der Waals surface area (Å²) < 4.78 is 1.84. The summed E-state index contributed by atoms with van der Waals surface area (Å²) in [4.78, 5) is 23.3. The van der Waals surface area contributed by atoms with Gasteiger partial charge >= 0.3 is 0 Å². The number of nitro benzene ring substituents is 1. The Balaban J connectivity index is 0.00000280. The average Bonchev–Trinajstić information content (AvgIpc) is 3.08. The van der Waals surface area contributed by atoms with Gasteiger partial charge in [0.1, 0.15) is 0 Å². The molecule has 0 saturated carbocycles. The Morgan fingerprint density at radius 1 is 1.43 bits per heavy atom. The molecule has 1 amide bonds. The number of hydrogen-bond acceptors (Lipinski definition) is 6. The fourth-order valence-electron chi connectivity index (χ4n) is 3.45. The lowest BCUT2D eigenvalue weighted by atomic mass is 10.0. The van der Waals surface area contributed by atoms with Crippen molar-refractivity contribution in [3.8, 4) is 0 Å². The topological polar surface area (TPSA) is 115 Å². The maximum atomic E-state index is 12.7. The molecule has 0 aliphatic carbocycles. The molecular formula is C18H25ClN6O3. The van der Waals surface area contributed by atoms with Crippen LogP contribution in [-0.2, 0) is 0 Å². The average molecular weight is 409 g/mol. The fraction of sp³-hybridized carbons (Fsp3) is 0.500. The summed E-state index contributed by atoms with van der Waals surface area (Å²) in [5.74, 6) is -0.314. The molecule has 10 heteroatoms. The first-order valence-electron chi connectivity index (χ1n) is 9.19. The van der Waals surface area contributed by atoms with Gasteiger partial charge in [-0.25, -0.2) is 4.68 Å². The molecule has 0 spiro atoms. The van der Waals surface area contributed by atoms with E-state index < -0.39 is 4.92 Å². The van der Waals surface area contributed by atoms with Crippen molar-refractivity contribution in [2.24, 2.45) is 0 Å². The fourth-order valence-corrected chi connectivity index (χ4v) is 3.45. The monoisotopic (exact) mass is 408 g/mol. The molecule has 0 radical (unpaired) electrons. The minimum atomic E-state index is -0.438. The number of carbonyl (C=O) groups is 1. The summed E-state index contributed by atoms with van der Waals surface area (Å²) in [6, 6.07) is 6.25. The standard InChI is InChI=1S/C18H24N6O3.ClH/c1-3-16(13-5-4-6-15(11-13)24(26)27)20-18(25)17-12(2)23(22-21-17)14-7-9-19-10-8-14;/h4-6,11,14,16,19H,3,7-10H2,1-2H3,(H,20,25);1H. The van der Waals surface area contributed by atoms with E-state index in [2.05, 4.69) is 20.9 Å². The van der Waals surface area contributed by atoms with E-state index in [4.69, 9.17) is 0 Å². The number of non-ortho nitro benzene ring substituents is 1. The molecule has 1 aromatic carbocycles. The van der Waals surface area contributed by atoms with Gasteiger partial charge in [-0.2, -0.15) is 0 Å². The van der Waals surface area contributed by atoms with Gasteiger partial charge in [0.05, 0.1) is 22.7 Å². The van der Waals surface area contributed by atoms with Crippen molar-refractivity contribution < 1.29 is 9.72 Å². The van der Waals surface area contributed by atoms with E-state index in [0.717, 1.165) is 31.6 Å². The Hall–Kier alpha value is -2.52. The van der Waals surface area contributed by atoms with E-state index in [-0.39, 0.29) is 36.1 Å². The minimum Gasteiger partial charge on any atom is -0.344 e. The second-order valence-corrected chi connectivity index (χ2v) is 6.74. The molecule has 2 N–H and O–H groups in total. The van der Waals surface area contributed by atoms with Gasteiger partial charge < -0.3 is 10.6 Å². The van der Waals surface area contributed by atoms with Crippen molar-refractivity contribution in [2.45, 2.75) is 45.2 Å². The zero-order valence-corrected chi connectivity index (χ0v) is 16.7. The molecule has 9 nitrogen and oxygen atoms in total. The van der Waals surface area contributed by atoms with Gasteiger partial charge in [-0.3, -0.25) is 14.9 Å². The van der Waals surface area contributed by atoms with Gasteiger partial charge in [0, 0.05) is 12.1 Å². The predicted molar refractivity (Wildman–Crippen MR) is 107 cm³/mol. The zero-order chi connectivity index (χ0) is 19.4. The van der Waals surface area contributed by atoms with Gasteiger partial charge in [0.2, 0.25) is 0 Å². The number of nitro groups is 1. The second kappa shape index (κ2) is 9.61. The largest absolute Gasteiger partial charge is 0.344 e. The number of amides is 1. The second-order valence-electron chi connectivity index (χ2n) is 6.74. The van der Waals surface area contributed by atoms with Crippen molar-refractivity contribution in [1.82, 2.24) is 25.6 Å². The SMILES string of the molecule is CCC(NC(=O)c1nnn(C2CCNCC2)c1C)c1cccc([N+](=O)[O-])c1.Cl. The maximum absolute atomic E-state index is 12.7. The molecule has 3 rings (SSSR count). The highest BCUT2D eigenvalue weighted by molar-refractivity contribution is 5.93. The first-order valence-corrected chi connectivity index (χ1v) is 9.19. The van der Waals surface area contributed by atoms with Crippen molar-refractivity contribution >= 4 is 24.0 Å². The van der Waals surface area contributed by atoms with Crippen molar-refractivity contribution in [3.63, 3.8) is 0 Å². The highest BCUT2D eigenvalue weighted by Crippen LogP contribution is 2.23. The van der Waals surface area contributed by atoms with Crippen LogP contribution < -0.4 is 10.6 Å². The van der Waals surface area contributed by atoms with Gasteiger partial charge in [-0.1, -0.05) is 24.3 Å². The lowest BCUT2D eigenvalue weighted by molar-refractivity contribution is -0.384. The van der Waals surface area contributed by atoms with Gasteiger partial charge in [-0.05, 0) is 44.8 Å². The third kappa shape index (κ3) is 4.66. The van der Waals surface area contributed by atoms with Crippen molar-refractivity contribution in [2.75, 3.05) is 13.1 Å². The van der Waals surface area contributed by atoms with E-state index in [1.807, 2.05) is 18.5 Å². The lowest BCUT2D eigenvalue weighted by Crippen LogP contribution is -2.31. The third-order valence-corrected chi connectivity index (χ3v) is 4.99. The highest BCUT2D eigenvalue weighted by atomic mass is 35.5. The van der Waals surface area contributed by atoms with E-state index in [1.54, 1.807) is 12.1 Å². The Morgan fingerprint density at radius 3 is 2.79 bits per heavy atom. The number of nitrogens with one attached hydrogen (secondary N) is 2. The summed E-state index contributed by atoms with van der Waals surface area (Å²) in [6.45, 7) is 5.63. The van der Waals surface area contributed by atoms with E-state index in [0.29, 0.717) is 17.7 Å². The molecule has 152 valence electrons. The van der Waals surface area contributed by atoms with E-state index in [9.17, 15) is 14.9 Å². The van der Waals surface area contributed by atoms with Crippen LogP contribution in [0.2, 0.25) is 0 Å². The molecule has 0 bridgehead atoms. The number of nitrogens with zero attached hydrogens (tertiary/aromatic N) is 4. The third-order valence-electron chi connectivity index (χ3n) is 4.99. The summed E-state index contributed by atoms with van der Waals surface area (Å²) >= 11 is 0. The maximum Gasteiger partial charge on any atom is 0.274 e. The molecule has 1 aliphatic rings. The molecule has 1 fully saturated rings. The van der Waals surface area contributed by atoms with Crippen LogP contribution in [0.15, 0.2) is 24.3 Å². The van der Waals surface area contributed by atoms with Crippen LogP contribution in [0.4, 0.5) is 5.69 Å². The van der Waals surface area contributed by atoms with Gasteiger partial charge in [-0.15, -0.1) is 17.5 Å².